The largest absolute Gasteiger partial charge is 0.320 e. The van der Waals surface area contributed by atoms with Gasteiger partial charge in [0.25, 0.3) is 0 Å². The van der Waals surface area contributed by atoms with Crippen LogP contribution in [0.5, 0.6) is 0 Å². The molecule has 0 N–H and O–H groups in total. The second-order valence-electron chi connectivity index (χ2n) is 8.86. The maximum Gasteiger partial charge on any atom is 0.192 e. The van der Waals surface area contributed by atoms with Crippen molar-refractivity contribution in [3.05, 3.63) is 89.9 Å². The molecule has 0 saturated heterocycles. The highest BCUT2D eigenvalue weighted by Gasteiger charge is 2.47. The van der Waals surface area contributed by atoms with Crippen LogP contribution in [0, 0.1) is 5.82 Å². The van der Waals surface area contributed by atoms with E-state index < -0.39 is 9.52 Å². The summed E-state index contributed by atoms with van der Waals surface area (Å²) in [5, 5.41) is 1.64. The first kappa shape index (κ1) is 19.0. The van der Waals surface area contributed by atoms with Crippen molar-refractivity contribution in [1.29, 1.82) is 0 Å². The van der Waals surface area contributed by atoms with Crippen molar-refractivity contribution in [2.45, 2.75) is 23.2 Å². The first-order valence-electron chi connectivity index (χ1n) is 11.0. The van der Waals surface area contributed by atoms with Gasteiger partial charge in [0.1, 0.15) is 5.82 Å². The van der Waals surface area contributed by atoms with Crippen molar-refractivity contribution in [2.75, 3.05) is 0 Å². The maximum atomic E-state index is 14.7. The summed E-state index contributed by atoms with van der Waals surface area (Å²) in [6.45, 7) is 0. The number of aromatic nitrogens is 3. The molecule has 162 valence electrons. The number of para-hydroxylation sites is 3. The molecule has 1 saturated carbocycles. The molecule has 2 atom stereocenters. The fourth-order valence-corrected chi connectivity index (χ4v) is 8.34. The van der Waals surface area contributed by atoms with E-state index in [4.69, 9.17) is 9.97 Å². The highest BCUT2D eigenvalue weighted by molar-refractivity contribution is 8.02. The van der Waals surface area contributed by atoms with E-state index in [9.17, 15) is 8.60 Å². The number of imidazole rings is 1. The molecule has 0 amide bonds. The van der Waals surface area contributed by atoms with Gasteiger partial charge in [-0.05, 0) is 53.4 Å². The quantitative estimate of drug-likeness (QED) is 0.334. The molecule has 2 aliphatic rings. The molecule has 4 nitrogen and oxygen atoms in total. The molecule has 3 aromatic carbocycles. The third kappa shape index (κ3) is 2.61. The Morgan fingerprint density at radius 2 is 1.67 bits per heavy atom. The topological polar surface area (TPSA) is 47.8 Å². The minimum atomic E-state index is -2.53. The Balaban J connectivity index is 1.52. The van der Waals surface area contributed by atoms with Crippen LogP contribution in [-0.4, -0.2) is 23.6 Å². The Bertz CT molecular complexity index is 1740. The van der Waals surface area contributed by atoms with Gasteiger partial charge in [0.15, 0.2) is 5.16 Å². The lowest BCUT2D eigenvalue weighted by atomic mass is 9.93. The summed E-state index contributed by atoms with van der Waals surface area (Å²) in [4.78, 5) is 10.9. The van der Waals surface area contributed by atoms with Crippen molar-refractivity contribution in [1.82, 2.24) is 14.5 Å². The van der Waals surface area contributed by atoms with E-state index >= 15 is 0 Å². The molecular formula is C27H20FN3OS. The Labute approximate surface area is 190 Å². The van der Waals surface area contributed by atoms with Crippen LogP contribution in [0.4, 0.5) is 4.39 Å². The fourth-order valence-electron chi connectivity index (χ4n) is 5.30. The van der Waals surface area contributed by atoms with E-state index in [0.717, 1.165) is 55.6 Å². The molecule has 1 aliphatic carbocycles. The zero-order valence-corrected chi connectivity index (χ0v) is 18.8. The molecule has 1 fully saturated rings. The second-order valence-corrected chi connectivity index (χ2v) is 11.4. The molecule has 33 heavy (non-hydrogen) atoms. The third-order valence-electron chi connectivity index (χ3n) is 6.93. The zero-order valence-electron chi connectivity index (χ0n) is 18.0. The molecule has 0 bridgehead atoms. The molecule has 5 aromatic rings. The Morgan fingerprint density at radius 3 is 2.45 bits per heavy atom. The van der Waals surface area contributed by atoms with Crippen molar-refractivity contribution < 1.29 is 8.60 Å². The first-order valence-corrected chi connectivity index (χ1v) is 12.7. The van der Waals surface area contributed by atoms with E-state index in [1.54, 1.807) is 12.1 Å². The Hall–Kier alpha value is -3.51. The number of pyridine rings is 1. The van der Waals surface area contributed by atoms with E-state index in [0.29, 0.717) is 10.9 Å². The van der Waals surface area contributed by atoms with E-state index in [2.05, 4.69) is 0 Å². The van der Waals surface area contributed by atoms with Gasteiger partial charge in [-0.3, -0.25) is 9.19 Å². The highest BCUT2D eigenvalue weighted by atomic mass is 32.2. The summed E-state index contributed by atoms with van der Waals surface area (Å²) < 4.78 is 30.4. The number of rotatable bonds is 2. The first-order chi connectivity index (χ1) is 16.0. The highest BCUT2D eigenvalue weighted by Crippen LogP contribution is 2.50. The standard InChI is InChI=1S/C27H20FN3OS/c1-31-23-9-5-4-8-22(23)30-27(31)33(32)15-20-25(16-10-12-17(28)13-11-16)18-6-2-3-7-21(18)29-26(20)19-14-24(19)33/h2-13,19H,14-15H2,1H3. The van der Waals surface area contributed by atoms with Gasteiger partial charge in [-0.2, -0.15) is 0 Å². The number of aryl methyl sites for hydroxylation is 1. The SMILES string of the molecule is Cn1c(S2(=O)=C3CC3c3nc4ccccc4c(-c4ccc(F)cc4)c3C2)nc2ccccc21. The molecular weight excluding hydrogens is 433 g/mol. The van der Waals surface area contributed by atoms with Crippen molar-refractivity contribution in [3.8, 4) is 11.1 Å². The van der Waals surface area contributed by atoms with Crippen molar-refractivity contribution >= 4 is 36.3 Å². The van der Waals surface area contributed by atoms with E-state index in [1.807, 2.05) is 60.1 Å². The number of hydrogen-bond donors (Lipinski definition) is 0. The number of nitrogens with zero attached hydrogens (tertiary/aromatic N) is 3. The van der Waals surface area contributed by atoms with Gasteiger partial charge in [-0.25, -0.2) is 9.37 Å². The van der Waals surface area contributed by atoms with Gasteiger partial charge < -0.3 is 4.57 Å². The minimum Gasteiger partial charge on any atom is -0.320 e. The van der Waals surface area contributed by atoms with Crippen LogP contribution in [-0.2, 0) is 22.3 Å². The van der Waals surface area contributed by atoms with Gasteiger partial charge >= 0.3 is 0 Å². The van der Waals surface area contributed by atoms with Crippen LogP contribution in [0.15, 0.2) is 78.0 Å². The number of hydrogen-bond acceptors (Lipinski definition) is 3. The zero-order chi connectivity index (χ0) is 22.3. The fraction of sp³-hybridized carbons (Fsp3) is 0.148. The minimum absolute atomic E-state index is 0.0878. The smallest absolute Gasteiger partial charge is 0.192 e. The molecule has 0 spiro atoms. The van der Waals surface area contributed by atoms with Gasteiger partial charge in [-0.15, -0.1) is 0 Å². The van der Waals surface area contributed by atoms with Crippen LogP contribution in [0.1, 0.15) is 23.6 Å². The molecule has 0 radical (unpaired) electrons. The lowest BCUT2D eigenvalue weighted by molar-refractivity contribution is 0.628. The molecule has 7 rings (SSSR count). The van der Waals surface area contributed by atoms with Crippen LogP contribution in [0.2, 0.25) is 0 Å². The van der Waals surface area contributed by atoms with Crippen molar-refractivity contribution in [3.63, 3.8) is 0 Å². The lowest BCUT2D eigenvalue weighted by Crippen LogP contribution is -2.20. The normalized spacial score (nSPS) is 21.3. The van der Waals surface area contributed by atoms with Gasteiger partial charge in [-0.1, -0.05) is 42.5 Å². The van der Waals surface area contributed by atoms with Crippen LogP contribution >= 0.6 is 0 Å². The molecule has 3 heterocycles. The summed E-state index contributed by atoms with van der Waals surface area (Å²) in [7, 11) is -0.584. The van der Waals surface area contributed by atoms with Gasteiger partial charge in [0.05, 0.1) is 28.0 Å². The summed E-state index contributed by atoms with van der Waals surface area (Å²) in [6.07, 6.45) is 0.781. The average Bonchev–Trinajstić information content (AvgIpc) is 3.58. The molecule has 1 aliphatic heterocycles. The summed E-state index contributed by atoms with van der Waals surface area (Å²) >= 11 is 0. The predicted octanol–water partition coefficient (Wildman–Crippen LogP) is 5.44. The average molecular weight is 454 g/mol. The van der Waals surface area contributed by atoms with Crippen LogP contribution in [0.25, 0.3) is 33.1 Å². The van der Waals surface area contributed by atoms with Crippen LogP contribution in [0.3, 0.4) is 0 Å². The van der Waals surface area contributed by atoms with Gasteiger partial charge in [0.2, 0.25) is 0 Å². The number of halogens is 1. The van der Waals surface area contributed by atoms with E-state index in [-0.39, 0.29) is 11.7 Å². The second kappa shape index (κ2) is 6.51. The molecule has 2 unspecified atom stereocenters. The maximum absolute atomic E-state index is 14.7. The Kier molecular flexibility index (Phi) is 3.75. The molecule has 6 heteroatoms. The Morgan fingerprint density at radius 1 is 0.939 bits per heavy atom. The number of fused-ring (bicyclic) bond motifs is 5. The van der Waals surface area contributed by atoms with Crippen LogP contribution < -0.4 is 0 Å². The predicted molar refractivity (Wildman–Crippen MR) is 130 cm³/mol. The molecule has 2 aromatic heterocycles. The van der Waals surface area contributed by atoms with Gasteiger partial charge in [0, 0.05) is 32.7 Å². The van der Waals surface area contributed by atoms with Crippen molar-refractivity contribution in [2.24, 2.45) is 7.05 Å². The number of benzene rings is 3. The van der Waals surface area contributed by atoms with E-state index in [1.165, 1.54) is 12.1 Å². The summed E-state index contributed by atoms with van der Waals surface area (Å²) in [5.41, 5.74) is 6.70. The lowest BCUT2D eigenvalue weighted by Gasteiger charge is -2.23. The third-order valence-corrected chi connectivity index (χ3v) is 9.88. The summed E-state index contributed by atoms with van der Waals surface area (Å²) in [5.74, 6) is 0.188. The monoisotopic (exact) mass is 453 g/mol. The summed E-state index contributed by atoms with van der Waals surface area (Å²) in [6, 6.07) is 22.5.